The number of likely N-dealkylation sites (tertiary alicyclic amines) is 1. The minimum absolute atomic E-state index is 0.0417. The first-order valence-corrected chi connectivity index (χ1v) is 9.31. The average molecular weight is 362 g/mol. The quantitative estimate of drug-likeness (QED) is 0.747. The van der Waals surface area contributed by atoms with Crippen LogP contribution in [0.1, 0.15) is 32.3 Å². The normalized spacial score (nSPS) is 14.8. The van der Waals surface area contributed by atoms with Gasteiger partial charge in [0, 0.05) is 32.1 Å². The fourth-order valence-electron chi connectivity index (χ4n) is 3.45. The third-order valence-electron chi connectivity index (χ3n) is 5.08. The fraction of sp³-hybridized carbons (Fsp3) is 0.600. The molecule has 0 aliphatic carbocycles. The molecule has 1 aromatic rings. The summed E-state index contributed by atoms with van der Waals surface area (Å²) in [6.07, 6.45) is 1.81. The number of rotatable bonds is 7. The van der Waals surface area contributed by atoms with Gasteiger partial charge >= 0.3 is 0 Å². The van der Waals surface area contributed by atoms with Crippen LogP contribution in [-0.4, -0.2) is 62.0 Å². The topological polar surface area (TPSA) is 59.1 Å². The molecule has 1 saturated heterocycles. The minimum Gasteiger partial charge on any atom is -0.493 e. The van der Waals surface area contributed by atoms with Crippen LogP contribution in [-0.2, 0) is 16.0 Å². The summed E-state index contributed by atoms with van der Waals surface area (Å²) in [7, 11) is 3.17. The van der Waals surface area contributed by atoms with Crippen LogP contribution in [0.25, 0.3) is 0 Å². The van der Waals surface area contributed by atoms with E-state index in [-0.39, 0.29) is 17.7 Å². The van der Waals surface area contributed by atoms with E-state index in [4.69, 9.17) is 9.47 Å². The molecule has 0 aromatic heterocycles. The molecule has 0 saturated carbocycles. The molecule has 1 aliphatic rings. The summed E-state index contributed by atoms with van der Waals surface area (Å²) in [5.74, 6) is 1.63. The highest BCUT2D eigenvalue weighted by molar-refractivity contribution is 5.81. The van der Waals surface area contributed by atoms with Crippen molar-refractivity contribution in [3.8, 4) is 11.5 Å². The molecule has 26 heavy (non-hydrogen) atoms. The van der Waals surface area contributed by atoms with E-state index in [1.54, 1.807) is 14.2 Å². The zero-order valence-electron chi connectivity index (χ0n) is 16.3. The summed E-state index contributed by atoms with van der Waals surface area (Å²) in [4.78, 5) is 28.8. The van der Waals surface area contributed by atoms with Gasteiger partial charge in [-0.2, -0.15) is 0 Å². The van der Waals surface area contributed by atoms with Crippen LogP contribution in [0.2, 0.25) is 0 Å². The lowest BCUT2D eigenvalue weighted by Gasteiger charge is -2.33. The molecule has 0 bridgehead atoms. The maximum absolute atomic E-state index is 12.6. The number of amides is 2. The van der Waals surface area contributed by atoms with Crippen LogP contribution in [0.5, 0.6) is 11.5 Å². The number of carbonyl (C=O) groups excluding carboxylic acids is 2. The molecule has 0 unspecified atom stereocenters. The van der Waals surface area contributed by atoms with Gasteiger partial charge in [0.1, 0.15) is 0 Å². The highest BCUT2D eigenvalue weighted by Gasteiger charge is 2.29. The number of hydrogen-bond donors (Lipinski definition) is 0. The first-order chi connectivity index (χ1) is 12.5. The molecule has 1 aromatic carbocycles. The number of methoxy groups -OCH3 is 2. The van der Waals surface area contributed by atoms with Gasteiger partial charge in [-0.15, -0.1) is 0 Å². The average Bonchev–Trinajstić information content (AvgIpc) is 2.68. The third kappa shape index (κ3) is 4.68. The molecule has 0 spiro atoms. The van der Waals surface area contributed by atoms with Crippen molar-refractivity contribution in [2.75, 3.05) is 40.4 Å². The van der Waals surface area contributed by atoms with Crippen molar-refractivity contribution in [3.63, 3.8) is 0 Å². The third-order valence-corrected chi connectivity index (χ3v) is 5.08. The van der Waals surface area contributed by atoms with E-state index in [9.17, 15) is 9.59 Å². The maximum Gasteiger partial charge on any atom is 0.226 e. The van der Waals surface area contributed by atoms with Crippen molar-refractivity contribution < 1.29 is 19.1 Å². The summed E-state index contributed by atoms with van der Waals surface area (Å²) in [6, 6.07) is 5.54. The fourth-order valence-corrected chi connectivity index (χ4v) is 3.45. The molecule has 6 heteroatoms. The van der Waals surface area contributed by atoms with Crippen molar-refractivity contribution in [1.29, 1.82) is 0 Å². The first kappa shape index (κ1) is 20.1. The van der Waals surface area contributed by atoms with Crippen molar-refractivity contribution in [2.45, 2.75) is 33.1 Å². The summed E-state index contributed by atoms with van der Waals surface area (Å²) in [5.41, 5.74) is 0.897. The molecule has 0 N–H and O–H groups in total. The Morgan fingerprint density at radius 3 is 2.23 bits per heavy atom. The van der Waals surface area contributed by atoms with Gasteiger partial charge in [-0.3, -0.25) is 9.59 Å². The molecule has 1 aliphatic heterocycles. The number of ether oxygens (including phenoxy) is 2. The molecular formula is C20H30N2O4. The van der Waals surface area contributed by atoms with Crippen LogP contribution in [0, 0.1) is 5.92 Å². The van der Waals surface area contributed by atoms with Gasteiger partial charge in [0.05, 0.1) is 20.6 Å². The van der Waals surface area contributed by atoms with Crippen molar-refractivity contribution in [3.05, 3.63) is 23.8 Å². The van der Waals surface area contributed by atoms with E-state index in [0.29, 0.717) is 31.0 Å². The molecule has 1 heterocycles. The number of nitrogens with zero attached hydrogens (tertiary/aromatic N) is 2. The molecule has 144 valence electrons. The second-order valence-electron chi connectivity index (χ2n) is 6.53. The predicted molar refractivity (Wildman–Crippen MR) is 100 cm³/mol. The molecule has 1 fully saturated rings. The van der Waals surface area contributed by atoms with Crippen LogP contribution in [0.3, 0.4) is 0 Å². The number of hydrogen-bond acceptors (Lipinski definition) is 4. The summed E-state index contributed by atoms with van der Waals surface area (Å²) in [5, 5.41) is 0. The Morgan fingerprint density at radius 2 is 1.69 bits per heavy atom. The molecule has 2 amide bonds. The highest BCUT2D eigenvalue weighted by Crippen LogP contribution is 2.28. The van der Waals surface area contributed by atoms with Gasteiger partial charge < -0.3 is 19.3 Å². The van der Waals surface area contributed by atoms with E-state index < -0.39 is 0 Å². The van der Waals surface area contributed by atoms with E-state index in [1.165, 1.54) is 0 Å². The largest absolute Gasteiger partial charge is 0.493 e. The van der Waals surface area contributed by atoms with E-state index in [0.717, 1.165) is 31.5 Å². The Kier molecular flexibility index (Phi) is 7.30. The zero-order valence-corrected chi connectivity index (χ0v) is 16.3. The second kappa shape index (κ2) is 9.46. The van der Waals surface area contributed by atoms with E-state index in [2.05, 4.69) is 0 Å². The van der Waals surface area contributed by atoms with Crippen molar-refractivity contribution in [1.82, 2.24) is 9.80 Å². The number of benzene rings is 1. The predicted octanol–water partition coefficient (Wildman–Crippen LogP) is 2.35. The summed E-state index contributed by atoms with van der Waals surface area (Å²) in [6.45, 7) is 6.78. The van der Waals surface area contributed by atoms with Gasteiger partial charge in [-0.1, -0.05) is 6.07 Å². The molecule has 2 rings (SSSR count). The van der Waals surface area contributed by atoms with Gasteiger partial charge in [-0.05, 0) is 44.4 Å². The van der Waals surface area contributed by atoms with Gasteiger partial charge in [0.15, 0.2) is 11.5 Å². The van der Waals surface area contributed by atoms with Crippen LogP contribution in [0.4, 0.5) is 0 Å². The Bertz CT molecular complexity index is 620. The van der Waals surface area contributed by atoms with E-state index >= 15 is 0 Å². The highest BCUT2D eigenvalue weighted by atomic mass is 16.5. The number of carbonyl (C=O) groups is 2. The molecule has 6 nitrogen and oxygen atoms in total. The lowest BCUT2D eigenvalue weighted by atomic mass is 9.94. The van der Waals surface area contributed by atoms with E-state index in [1.807, 2.05) is 41.8 Å². The zero-order chi connectivity index (χ0) is 19.1. The molecule has 0 atom stereocenters. The summed E-state index contributed by atoms with van der Waals surface area (Å²) < 4.78 is 10.5. The SMILES string of the molecule is CCN(CC)C(=O)C1CCN(C(=O)Cc2ccc(OC)c(OC)c2)CC1. The lowest BCUT2D eigenvalue weighted by Crippen LogP contribution is -2.44. The standard InChI is InChI=1S/C20H30N2O4/c1-5-21(6-2)20(24)16-9-11-22(12-10-16)19(23)14-15-7-8-17(25-3)18(13-15)26-4/h7-8,13,16H,5-6,9-12,14H2,1-4H3. The van der Waals surface area contributed by atoms with Crippen LogP contribution >= 0.6 is 0 Å². The van der Waals surface area contributed by atoms with Crippen molar-refractivity contribution in [2.24, 2.45) is 5.92 Å². The van der Waals surface area contributed by atoms with Gasteiger partial charge in [0.25, 0.3) is 0 Å². The minimum atomic E-state index is 0.0417. The van der Waals surface area contributed by atoms with Crippen LogP contribution < -0.4 is 9.47 Å². The Labute approximate surface area is 156 Å². The maximum atomic E-state index is 12.6. The Balaban J connectivity index is 1.91. The smallest absolute Gasteiger partial charge is 0.226 e. The van der Waals surface area contributed by atoms with Crippen LogP contribution in [0.15, 0.2) is 18.2 Å². The molecule has 0 radical (unpaired) electrons. The summed E-state index contributed by atoms with van der Waals surface area (Å²) >= 11 is 0. The second-order valence-corrected chi connectivity index (χ2v) is 6.53. The number of piperidine rings is 1. The molecular weight excluding hydrogens is 332 g/mol. The Hall–Kier alpha value is -2.24. The van der Waals surface area contributed by atoms with Crippen molar-refractivity contribution >= 4 is 11.8 Å². The monoisotopic (exact) mass is 362 g/mol. The lowest BCUT2D eigenvalue weighted by molar-refractivity contribution is -0.140. The van der Waals surface area contributed by atoms with Gasteiger partial charge in [-0.25, -0.2) is 0 Å². The first-order valence-electron chi connectivity index (χ1n) is 9.31. The Morgan fingerprint density at radius 1 is 1.08 bits per heavy atom. The van der Waals surface area contributed by atoms with Gasteiger partial charge in [0.2, 0.25) is 11.8 Å².